The Morgan fingerprint density at radius 2 is 2.06 bits per heavy atom. The average Bonchev–Trinajstić information content (AvgIpc) is 2.18. The van der Waals surface area contributed by atoms with E-state index in [9.17, 15) is 4.79 Å². The molecule has 0 saturated carbocycles. The number of hydrogen-bond acceptors (Lipinski definition) is 4. The Hall–Kier alpha value is -1.52. The van der Waals surface area contributed by atoms with Crippen molar-refractivity contribution in [3.8, 4) is 0 Å². The molecule has 5 heteroatoms. The average molecular weight is 224 g/mol. The molecule has 0 aliphatic heterocycles. The summed E-state index contributed by atoms with van der Waals surface area (Å²) < 4.78 is 0. The molecule has 1 aromatic heterocycles. The van der Waals surface area contributed by atoms with E-state index in [0.29, 0.717) is 11.7 Å². The van der Waals surface area contributed by atoms with Crippen LogP contribution in [-0.2, 0) is 0 Å². The van der Waals surface area contributed by atoms with Crippen LogP contribution >= 0.6 is 0 Å². The van der Waals surface area contributed by atoms with Crippen molar-refractivity contribution >= 4 is 11.5 Å². The number of nitrogens with one attached hydrogen (secondary N) is 1. The molecule has 0 spiro atoms. The predicted molar refractivity (Wildman–Crippen MR) is 66.6 cm³/mol. The van der Waals surface area contributed by atoms with Crippen molar-refractivity contribution < 1.29 is 0 Å². The van der Waals surface area contributed by atoms with Gasteiger partial charge in [-0.05, 0) is 19.8 Å². The van der Waals surface area contributed by atoms with Gasteiger partial charge in [-0.25, -0.2) is 4.98 Å². The number of H-pyrrole nitrogens is 1. The van der Waals surface area contributed by atoms with Crippen molar-refractivity contribution in [3.05, 3.63) is 16.7 Å². The Morgan fingerprint density at radius 3 is 2.56 bits per heavy atom. The molecule has 1 rings (SSSR count). The minimum Gasteiger partial charge on any atom is -0.391 e. The zero-order valence-electron chi connectivity index (χ0n) is 10.3. The summed E-state index contributed by atoms with van der Waals surface area (Å²) in [7, 11) is 0. The number of nitrogens with zero attached hydrogens (tertiary/aromatic N) is 2. The largest absolute Gasteiger partial charge is 0.391 e. The van der Waals surface area contributed by atoms with E-state index in [4.69, 9.17) is 5.73 Å². The molecule has 90 valence electrons. The number of hydrogen-bond donors (Lipinski definition) is 2. The molecule has 16 heavy (non-hydrogen) atoms. The third-order valence-corrected chi connectivity index (χ3v) is 2.33. The first-order valence-electron chi connectivity index (χ1n) is 5.53. The molecule has 0 atom stereocenters. The molecule has 3 N–H and O–H groups in total. The van der Waals surface area contributed by atoms with Gasteiger partial charge in [0, 0.05) is 12.6 Å². The van der Waals surface area contributed by atoms with Crippen LogP contribution < -0.4 is 16.2 Å². The van der Waals surface area contributed by atoms with Gasteiger partial charge < -0.3 is 15.6 Å². The highest BCUT2D eigenvalue weighted by Crippen LogP contribution is 2.19. The molecule has 1 aromatic rings. The van der Waals surface area contributed by atoms with E-state index < -0.39 is 0 Å². The Labute approximate surface area is 95.7 Å². The minimum atomic E-state index is -0.278. The lowest BCUT2D eigenvalue weighted by atomic mass is 10.1. The lowest BCUT2D eigenvalue weighted by Crippen LogP contribution is -2.36. The topological polar surface area (TPSA) is 75.0 Å². The summed E-state index contributed by atoms with van der Waals surface area (Å²) in [6, 6.07) is 0.263. The SMILES string of the molecule is CC(C)CN(c1nc[nH]c(=O)c1N)C(C)C. The van der Waals surface area contributed by atoms with E-state index in [2.05, 4.69) is 42.6 Å². The normalized spacial score (nSPS) is 11.1. The standard InChI is InChI=1S/C11H20N4O/c1-7(2)5-15(8(3)4)10-9(12)11(16)14-6-13-10/h6-8H,5,12H2,1-4H3,(H,13,14,16). The molecule has 0 aromatic carbocycles. The molecule has 0 saturated heterocycles. The molecule has 0 bridgehead atoms. The highest BCUT2D eigenvalue weighted by Gasteiger charge is 2.17. The van der Waals surface area contributed by atoms with Crippen LogP contribution in [0.2, 0.25) is 0 Å². The van der Waals surface area contributed by atoms with Crippen molar-refractivity contribution in [1.82, 2.24) is 9.97 Å². The van der Waals surface area contributed by atoms with Gasteiger partial charge in [0.2, 0.25) is 0 Å². The summed E-state index contributed by atoms with van der Waals surface area (Å²) in [5, 5.41) is 0. The molecular weight excluding hydrogens is 204 g/mol. The van der Waals surface area contributed by atoms with Gasteiger partial charge in [-0.2, -0.15) is 0 Å². The summed E-state index contributed by atoms with van der Waals surface area (Å²) in [4.78, 5) is 20.1. The summed E-state index contributed by atoms with van der Waals surface area (Å²) in [5.41, 5.74) is 5.66. The zero-order chi connectivity index (χ0) is 12.3. The van der Waals surface area contributed by atoms with E-state index >= 15 is 0 Å². The van der Waals surface area contributed by atoms with E-state index in [-0.39, 0.29) is 17.3 Å². The summed E-state index contributed by atoms with van der Waals surface area (Å²) in [6.07, 6.45) is 1.39. The first kappa shape index (κ1) is 12.5. The molecule has 1 heterocycles. The fraction of sp³-hybridized carbons (Fsp3) is 0.636. The van der Waals surface area contributed by atoms with Crippen LogP contribution in [0.4, 0.5) is 11.5 Å². The maximum Gasteiger partial charge on any atom is 0.276 e. The Balaban J connectivity index is 3.11. The van der Waals surface area contributed by atoms with Crippen molar-refractivity contribution in [1.29, 1.82) is 0 Å². The lowest BCUT2D eigenvalue weighted by molar-refractivity contribution is 0.566. The number of nitrogens with two attached hydrogens (primary N) is 1. The molecule has 0 radical (unpaired) electrons. The van der Waals surface area contributed by atoms with Crippen LogP contribution in [0.25, 0.3) is 0 Å². The van der Waals surface area contributed by atoms with Crippen LogP contribution in [0.3, 0.4) is 0 Å². The second-order valence-electron chi connectivity index (χ2n) is 4.61. The molecule has 0 amide bonds. The van der Waals surface area contributed by atoms with Crippen LogP contribution in [0.15, 0.2) is 11.1 Å². The first-order valence-corrected chi connectivity index (χ1v) is 5.53. The van der Waals surface area contributed by atoms with Gasteiger partial charge in [0.05, 0.1) is 6.33 Å². The smallest absolute Gasteiger partial charge is 0.276 e. The van der Waals surface area contributed by atoms with Gasteiger partial charge in [-0.3, -0.25) is 4.79 Å². The third-order valence-electron chi connectivity index (χ3n) is 2.33. The van der Waals surface area contributed by atoms with E-state index in [1.54, 1.807) is 0 Å². The Kier molecular flexibility index (Phi) is 3.93. The van der Waals surface area contributed by atoms with Gasteiger partial charge in [0.1, 0.15) is 5.69 Å². The molecule has 0 fully saturated rings. The van der Waals surface area contributed by atoms with E-state index in [1.165, 1.54) is 6.33 Å². The fourth-order valence-electron chi connectivity index (χ4n) is 1.57. The number of nitrogen functional groups attached to an aromatic ring is 1. The van der Waals surface area contributed by atoms with Gasteiger partial charge in [-0.15, -0.1) is 0 Å². The minimum absolute atomic E-state index is 0.192. The summed E-state index contributed by atoms with van der Waals surface area (Å²) in [6.45, 7) is 9.20. The zero-order valence-corrected chi connectivity index (χ0v) is 10.3. The Bertz CT molecular complexity index is 397. The van der Waals surface area contributed by atoms with Gasteiger partial charge in [0.15, 0.2) is 5.82 Å². The first-order chi connectivity index (χ1) is 7.43. The van der Waals surface area contributed by atoms with E-state index in [0.717, 1.165) is 6.54 Å². The highest BCUT2D eigenvalue weighted by molar-refractivity contribution is 5.61. The Morgan fingerprint density at radius 1 is 1.44 bits per heavy atom. The van der Waals surface area contributed by atoms with Crippen molar-refractivity contribution in [3.63, 3.8) is 0 Å². The second kappa shape index (κ2) is 5.01. The van der Waals surface area contributed by atoms with Crippen LogP contribution in [0.5, 0.6) is 0 Å². The number of rotatable bonds is 4. The van der Waals surface area contributed by atoms with Crippen LogP contribution in [0, 0.1) is 5.92 Å². The molecule has 0 aliphatic carbocycles. The number of aromatic nitrogens is 2. The quantitative estimate of drug-likeness (QED) is 0.806. The maximum atomic E-state index is 11.4. The monoisotopic (exact) mass is 224 g/mol. The van der Waals surface area contributed by atoms with Gasteiger partial charge in [0.25, 0.3) is 5.56 Å². The van der Waals surface area contributed by atoms with Crippen molar-refractivity contribution in [2.45, 2.75) is 33.7 Å². The summed E-state index contributed by atoms with van der Waals surface area (Å²) >= 11 is 0. The molecule has 0 aliphatic rings. The van der Waals surface area contributed by atoms with Crippen molar-refractivity contribution in [2.75, 3.05) is 17.2 Å². The second-order valence-corrected chi connectivity index (χ2v) is 4.61. The van der Waals surface area contributed by atoms with Gasteiger partial charge >= 0.3 is 0 Å². The van der Waals surface area contributed by atoms with Crippen molar-refractivity contribution in [2.24, 2.45) is 5.92 Å². The highest BCUT2D eigenvalue weighted by atomic mass is 16.1. The molecule has 5 nitrogen and oxygen atoms in total. The van der Waals surface area contributed by atoms with Crippen LogP contribution in [0.1, 0.15) is 27.7 Å². The molecular formula is C11H20N4O. The third kappa shape index (κ3) is 2.74. The summed E-state index contributed by atoms with van der Waals surface area (Å²) in [5.74, 6) is 1.07. The number of aromatic amines is 1. The lowest BCUT2D eigenvalue weighted by Gasteiger charge is -2.30. The maximum absolute atomic E-state index is 11.4. The van der Waals surface area contributed by atoms with Gasteiger partial charge in [-0.1, -0.05) is 13.8 Å². The molecule has 0 unspecified atom stereocenters. The van der Waals surface area contributed by atoms with E-state index in [1.807, 2.05) is 0 Å². The fourth-order valence-corrected chi connectivity index (χ4v) is 1.57. The van der Waals surface area contributed by atoms with Crippen LogP contribution in [-0.4, -0.2) is 22.6 Å². The number of anilines is 2. The predicted octanol–water partition coefficient (Wildman–Crippen LogP) is 1.22.